The Bertz CT molecular complexity index is 1450. The highest BCUT2D eigenvalue weighted by Crippen LogP contribution is 2.45. The number of nitrogens with zero attached hydrogens (tertiary/aromatic N) is 5. The molecule has 0 saturated heterocycles. The van der Waals surface area contributed by atoms with E-state index in [9.17, 15) is 4.79 Å². The van der Waals surface area contributed by atoms with Crippen LogP contribution in [0.3, 0.4) is 0 Å². The average Bonchev–Trinajstić information content (AvgIpc) is 3.53. The second-order valence-electron chi connectivity index (χ2n) is 8.10. The molecule has 31 heavy (non-hydrogen) atoms. The van der Waals surface area contributed by atoms with E-state index in [2.05, 4.69) is 15.1 Å². The predicted octanol–water partition coefficient (Wildman–Crippen LogP) is 4.20. The van der Waals surface area contributed by atoms with Crippen LogP contribution in [-0.2, 0) is 20.1 Å². The molecule has 0 unspecified atom stereocenters. The first-order valence-electron chi connectivity index (χ1n) is 11.2. The summed E-state index contributed by atoms with van der Waals surface area (Å²) in [5.41, 5.74) is 3.64. The SMILES string of the molecule is [2H]C1([2H])c2ncccc2C(=O)N1Cc1c(F)cc(-c2ccnc3nn(C)cc23)cc1C1CC1. The number of rotatable bonds is 4. The highest BCUT2D eigenvalue weighted by atomic mass is 19.1. The molecule has 154 valence electrons. The molecule has 6 rings (SSSR count). The van der Waals surface area contributed by atoms with E-state index in [1.165, 1.54) is 12.3 Å². The van der Waals surface area contributed by atoms with Crippen LogP contribution in [0.15, 0.2) is 48.9 Å². The molecular formula is C24H20FN5O. The Hall–Kier alpha value is -3.61. The minimum Gasteiger partial charge on any atom is -0.328 e. The first kappa shape index (κ1) is 16.1. The largest absolute Gasteiger partial charge is 0.328 e. The molecule has 0 atom stereocenters. The lowest BCUT2D eigenvalue weighted by molar-refractivity contribution is 0.0764. The molecule has 1 saturated carbocycles. The first-order valence-corrected chi connectivity index (χ1v) is 10.2. The molecular weight excluding hydrogens is 393 g/mol. The topological polar surface area (TPSA) is 63.9 Å². The maximum absolute atomic E-state index is 15.6. The van der Waals surface area contributed by atoms with Gasteiger partial charge < -0.3 is 4.90 Å². The zero-order chi connectivity index (χ0) is 22.9. The molecule has 0 N–H and O–H groups in total. The minimum atomic E-state index is -2.10. The van der Waals surface area contributed by atoms with E-state index in [0.29, 0.717) is 11.2 Å². The number of halogens is 1. The van der Waals surface area contributed by atoms with E-state index < -0.39 is 18.2 Å². The van der Waals surface area contributed by atoms with E-state index in [1.54, 1.807) is 23.0 Å². The first-order chi connectivity index (χ1) is 15.8. The number of pyridine rings is 2. The average molecular weight is 415 g/mol. The molecule has 2 aliphatic rings. The summed E-state index contributed by atoms with van der Waals surface area (Å²) in [5.74, 6) is -0.722. The van der Waals surface area contributed by atoms with Crippen molar-refractivity contribution in [1.29, 1.82) is 0 Å². The second-order valence-corrected chi connectivity index (χ2v) is 8.10. The number of benzene rings is 1. The van der Waals surface area contributed by atoms with Gasteiger partial charge in [-0.25, -0.2) is 9.37 Å². The van der Waals surface area contributed by atoms with Crippen LogP contribution in [-0.4, -0.2) is 30.6 Å². The van der Waals surface area contributed by atoms with Crippen molar-refractivity contribution in [3.63, 3.8) is 0 Å². The fourth-order valence-corrected chi connectivity index (χ4v) is 4.29. The molecule has 1 aliphatic carbocycles. The van der Waals surface area contributed by atoms with Crippen molar-refractivity contribution < 1.29 is 11.9 Å². The molecule has 0 bridgehead atoms. The predicted molar refractivity (Wildman–Crippen MR) is 114 cm³/mol. The second kappa shape index (κ2) is 6.70. The van der Waals surface area contributed by atoms with Crippen molar-refractivity contribution >= 4 is 16.9 Å². The fourth-order valence-electron chi connectivity index (χ4n) is 4.29. The van der Waals surface area contributed by atoms with Gasteiger partial charge in [0.25, 0.3) is 5.91 Å². The third-order valence-electron chi connectivity index (χ3n) is 5.94. The van der Waals surface area contributed by atoms with Gasteiger partial charge in [0.1, 0.15) is 5.82 Å². The number of hydrogen-bond acceptors (Lipinski definition) is 4. The molecule has 0 radical (unpaired) electrons. The van der Waals surface area contributed by atoms with Crippen LogP contribution in [0.1, 0.15) is 48.7 Å². The fraction of sp³-hybridized carbons (Fsp3) is 0.250. The Kier molecular flexibility index (Phi) is 3.49. The summed E-state index contributed by atoms with van der Waals surface area (Å²) >= 11 is 0. The van der Waals surface area contributed by atoms with Gasteiger partial charge in [-0.15, -0.1) is 0 Å². The summed E-state index contributed by atoms with van der Waals surface area (Å²) in [6.45, 7) is -2.26. The Balaban J connectivity index is 1.45. The number of hydrogen-bond donors (Lipinski definition) is 0. The molecule has 1 amide bonds. The van der Waals surface area contributed by atoms with Crippen molar-refractivity contribution in [2.75, 3.05) is 0 Å². The summed E-state index contributed by atoms with van der Waals surface area (Å²) in [4.78, 5) is 22.4. The van der Waals surface area contributed by atoms with Gasteiger partial charge in [-0.2, -0.15) is 5.10 Å². The van der Waals surface area contributed by atoms with E-state index >= 15 is 4.39 Å². The van der Waals surface area contributed by atoms with Crippen LogP contribution in [0.5, 0.6) is 0 Å². The van der Waals surface area contributed by atoms with Crippen molar-refractivity contribution in [1.82, 2.24) is 24.6 Å². The van der Waals surface area contributed by atoms with Gasteiger partial charge in [0.05, 0.1) is 20.5 Å². The van der Waals surface area contributed by atoms with Crippen LogP contribution < -0.4 is 0 Å². The molecule has 1 aliphatic heterocycles. The lowest BCUT2D eigenvalue weighted by Crippen LogP contribution is -2.24. The van der Waals surface area contributed by atoms with E-state index in [-0.39, 0.29) is 23.7 Å². The normalized spacial score (nSPS) is 18.3. The monoisotopic (exact) mass is 415 g/mol. The van der Waals surface area contributed by atoms with Crippen molar-refractivity contribution in [3.8, 4) is 11.1 Å². The molecule has 1 fully saturated rings. The van der Waals surface area contributed by atoms with Crippen molar-refractivity contribution in [2.24, 2.45) is 7.05 Å². The molecule has 7 heteroatoms. The van der Waals surface area contributed by atoms with Gasteiger partial charge in [-0.05, 0) is 59.7 Å². The Morgan fingerprint density at radius 3 is 2.87 bits per heavy atom. The molecule has 1 aromatic carbocycles. The molecule has 3 aromatic heterocycles. The summed E-state index contributed by atoms with van der Waals surface area (Å²) in [6.07, 6.45) is 6.87. The number of carbonyl (C=O) groups excluding carboxylic acids is 1. The summed E-state index contributed by atoms with van der Waals surface area (Å²) in [6, 6.07) is 8.45. The van der Waals surface area contributed by atoms with Gasteiger partial charge in [0.2, 0.25) is 0 Å². The number of aromatic nitrogens is 4. The molecule has 4 heterocycles. The molecule has 0 spiro atoms. The quantitative estimate of drug-likeness (QED) is 0.501. The minimum absolute atomic E-state index is 0.0794. The number of carbonyl (C=O) groups is 1. The van der Waals surface area contributed by atoms with E-state index in [1.807, 2.05) is 25.4 Å². The van der Waals surface area contributed by atoms with Crippen LogP contribution >= 0.6 is 0 Å². The Morgan fingerprint density at radius 1 is 1.19 bits per heavy atom. The van der Waals surface area contributed by atoms with Gasteiger partial charge >= 0.3 is 0 Å². The van der Waals surface area contributed by atoms with E-state index in [0.717, 1.165) is 39.8 Å². The van der Waals surface area contributed by atoms with Crippen LogP contribution in [0.2, 0.25) is 0 Å². The third kappa shape index (κ3) is 3.00. The maximum atomic E-state index is 15.6. The third-order valence-corrected chi connectivity index (χ3v) is 5.94. The molecule has 6 nitrogen and oxygen atoms in total. The lowest BCUT2D eigenvalue weighted by atomic mass is 9.95. The van der Waals surface area contributed by atoms with Crippen LogP contribution in [0, 0.1) is 5.82 Å². The van der Waals surface area contributed by atoms with Gasteiger partial charge in [-0.3, -0.25) is 14.5 Å². The Morgan fingerprint density at radius 2 is 2.06 bits per heavy atom. The summed E-state index contributed by atoms with van der Waals surface area (Å²) in [7, 11) is 1.82. The lowest BCUT2D eigenvalue weighted by Gasteiger charge is -2.20. The summed E-state index contributed by atoms with van der Waals surface area (Å²) < 4.78 is 34.3. The van der Waals surface area contributed by atoms with Crippen LogP contribution in [0.25, 0.3) is 22.2 Å². The maximum Gasteiger partial charge on any atom is 0.256 e. The zero-order valence-corrected chi connectivity index (χ0v) is 16.8. The van der Waals surface area contributed by atoms with Crippen LogP contribution in [0.4, 0.5) is 4.39 Å². The highest BCUT2D eigenvalue weighted by Gasteiger charge is 2.33. The van der Waals surface area contributed by atoms with E-state index in [4.69, 9.17) is 2.74 Å². The molecule has 4 aromatic rings. The zero-order valence-electron chi connectivity index (χ0n) is 18.8. The standard InChI is InChI=1S/C24H20FN5O/c1-29-11-20-16(6-8-27-23(20)28-29)15-9-18(14-4-5-14)19(21(25)10-15)12-30-13-22-17(24(30)31)3-2-7-26-22/h2-3,6-11,14H,4-5,12-13H2,1H3/i13D2. The smallest absolute Gasteiger partial charge is 0.256 e. The van der Waals surface area contributed by atoms with Gasteiger partial charge in [0.15, 0.2) is 5.65 Å². The summed E-state index contributed by atoms with van der Waals surface area (Å²) in [5, 5.41) is 5.18. The number of aryl methyl sites for hydroxylation is 1. The Labute approximate surface area is 181 Å². The van der Waals surface area contributed by atoms with Crippen molar-refractivity contribution in [2.45, 2.75) is 31.8 Å². The van der Waals surface area contributed by atoms with Crippen molar-refractivity contribution in [3.05, 3.63) is 77.1 Å². The van der Waals surface area contributed by atoms with Gasteiger partial charge in [0, 0.05) is 43.1 Å². The number of fused-ring (bicyclic) bond motifs is 2. The highest BCUT2D eigenvalue weighted by molar-refractivity contribution is 5.97. The van der Waals surface area contributed by atoms with Gasteiger partial charge in [-0.1, -0.05) is 6.07 Å². The number of amides is 1.